The lowest BCUT2D eigenvalue weighted by atomic mass is 9.98. The second-order valence-electron chi connectivity index (χ2n) is 7.98. The molecule has 2 saturated heterocycles. The number of nitrogens with zero attached hydrogens (tertiary/aromatic N) is 2. The van der Waals surface area contributed by atoms with Gasteiger partial charge in [0.1, 0.15) is 11.6 Å². The Morgan fingerprint density at radius 2 is 1.76 bits per heavy atom. The lowest BCUT2D eigenvalue weighted by Gasteiger charge is -2.38. The zero-order chi connectivity index (χ0) is 20.2. The minimum Gasteiger partial charge on any atom is -0.308 e. The van der Waals surface area contributed by atoms with E-state index in [2.05, 4.69) is 10.2 Å². The van der Waals surface area contributed by atoms with E-state index in [-0.39, 0.29) is 29.6 Å². The third-order valence-corrected chi connectivity index (χ3v) is 5.90. The van der Waals surface area contributed by atoms with Gasteiger partial charge in [0.25, 0.3) is 0 Å². The summed E-state index contributed by atoms with van der Waals surface area (Å²) in [5.41, 5.74) is 1.35. The SMILES string of the molecule is O=C1C(NC2CCN(Cc3cccc(F)c3)CC2)CCCN1c1ccccc1F. The molecule has 154 valence electrons. The zero-order valence-corrected chi connectivity index (χ0v) is 16.5. The molecular formula is C23H27F2N3O. The first-order chi connectivity index (χ1) is 14.1. The first kappa shape index (κ1) is 20.0. The molecule has 1 unspecified atom stereocenters. The van der Waals surface area contributed by atoms with Crippen LogP contribution in [0.15, 0.2) is 48.5 Å². The summed E-state index contributed by atoms with van der Waals surface area (Å²) in [6.07, 6.45) is 3.53. The molecule has 4 rings (SSSR count). The monoisotopic (exact) mass is 399 g/mol. The third-order valence-electron chi connectivity index (χ3n) is 5.90. The van der Waals surface area contributed by atoms with E-state index in [1.54, 1.807) is 35.2 Å². The molecule has 6 heteroatoms. The molecule has 4 nitrogen and oxygen atoms in total. The van der Waals surface area contributed by atoms with Gasteiger partial charge in [0.15, 0.2) is 0 Å². The molecule has 2 fully saturated rings. The van der Waals surface area contributed by atoms with Crippen molar-refractivity contribution < 1.29 is 13.6 Å². The molecule has 2 aromatic carbocycles. The minimum atomic E-state index is -0.354. The Kier molecular flexibility index (Phi) is 6.21. The molecule has 2 aliphatic heterocycles. The van der Waals surface area contributed by atoms with Gasteiger partial charge in [-0.3, -0.25) is 9.69 Å². The van der Waals surface area contributed by atoms with Crippen LogP contribution in [0, 0.1) is 11.6 Å². The molecule has 0 aliphatic carbocycles. The van der Waals surface area contributed by atoms with E-state index < -0.39 is 0 Å². The number of hydrogen-bond donors (Lipinski definition) is 1. The van der Waals surface area contributed by atoms with Crippen LogP contribution in [0.3, 0.4) is 0 Å². The number of carbonyl (C=O) groups excluding carboxylic acids is 1. The Labute approximate surface area is 170 Å². The van der Waals surface area contributed by atoms with Crippen LogP contribution in [-0.4, -0.2) is 42.5 Å². The molecule has 0 spiro atoms. The maximum Gasteiger partial charge on any atom is 0.244 e. The van der Waals surface area contributed by atoms with Crippen LogP contribution in [0.2, 0.25) is 0 Å². The molecule has 1 atom stereocenters. The van der Waals surface area contributed by atoms with Gasteiger partial charge in [-0.15, -0.1) is 0 Å². The van der Waals surface area contributed by atoms with Gasteiger partial charge in [0.05, 0.1) is 11.7 Å². The molecule has 0 bridgehead atoms. The second kappa shape index (κ2) is 9.01. The molecule has 1 N–H and O–H groups in total. The van der Waals surface area contributed by atoms with E-state index >= 15 is 0 Å². The van der Waals surface area contributed by atoms with Crippen molar-refractivity contribution in [2.45, 2.75) is 44.3 Å². The molecule has 1 amide bonds. The van der Waals surface area contributed by atoms with Crippen molar-refractivity contribution in [1.29, 1.82) is 0 Å². The predicted molar refractivity (Wildman–Crippen MR) is 110 cm³/mol. The standard InChI is InChI=1S/C23H27F2N3O/c24-18-6-3-5-17(15-18)16-27-13-10-19(11-14-27)26-21-8-4-12-28(23(21)29)22-9-2-1-7-20(22)25/h1-3,5-7,9,15,19,21,26H,4,8,10-14,16H2. The van der Waals surface area contributed by atoms with Gasteiger partial charge in [-0.25, -0.2) is 8.78 Å². The van der Waals surface area contributed by atoms with Gasteiger partial charge in [-0.2, -0.15) is 0 Å². The quantitative estimate of drug-likeness (QED) is 0.833. The largest absolute Gasteiger partial charge is 0.308 e. The molecule has 2 aromatic rings. The molecular weight excluding hydrogens is 372 g/mol. The average Bonchev–Trinajstić information content (AvgIpc) is 2.72. The number of hydrogen-bond acceptors (Lipinski definition) is 3. The topological polar surface area (TPSA) is 35.6 Å². The maximum absolute atomic E-state index is 14.1. The van der Waals surface area contributed by atoms with Crippen molar-refractivity contribution in [3.8, 4) is 0 Å². The van der Waals surface area contributed by atoms with Crippen molar-refractivity contribution in [3.05, 3.63) is 65.7 Å². The first-order valence-corrected chi connectivity index (χ1v) is 10.4. The Bertz CT molecular complexity index is 852. The molecule has 2 aliphatic rings. The Balaban J connectivity index is 1.31. The van der Waals surface area contributed by atoms with Crippen LogP contribution < -0.4 is 10.2 Å². The Morgan fingerprint density at radius 1 is 0.966 bits per heavy atom. The molecule has 0 saturated carbocycles. The van der Waals surface area contributed by atoms with E-state index in [0.717, 1.165) is 50.9 Å². The highest BCUT2D eigenvalue weighted by Gasteiger charge is 2.33. The van der Waals surface area contributed by atoms with Gasteiger partial charge in [0, 0.05) is 19.1 Å². The van der Waals surface area contributed by atoms with Crippen LogP contribution in [0.25, 0.3) is 0 Å². The highest BCUT2D eigenvalue weighted by atomic mass is 19.1. The van der Waals surface area contributed by atoms with Crippen LogP contribution >= 0.6 is 0 Å². The number of piperidine rings is 2. The summed E-state index contributed by atoms with van der Waals surface area (Å²) in [6.45, 7) is 3.12. The highest BCUT2D eigenvalue weighted by molar-refractivity contribution is 5.98. The van der Waals surface area contributed by atoms with Crippen LogP contribution in [0.5, 0.6) is 0 Å². The number of amides is 1. The Hall–Kier alpha value is -2.31. The van der Waals surface area contributed by atoms with Crippen molar-refractivity contribution in [3.63, 3.8) is 0 Å². The predicted octanol–water partition coefficient (Wildman–Crippen LogP) is 3.71. The van der Waals surface area contributed by atoms with Gasteiger partial charge < -0.3 is 10.2 Å². The summed E-state index contributed by atoms with van der Waals surface area (Å²) in [6, 6.07) is 13.2. The van der Waals surface area contributed by atoms with Crippen LogP contribution in [0.4, 0.5) is 14.5 Å². The highest BCUT2D eigenvalue weighted by Crippen LogP contribution is 2.25. The van der Waals surface area contributed by atoms with E-state index in [4.69, 9.17) is 0 Å². The van der Waals surface area contributed by atoms with Gasteiger partial charge in [0.2, 0.25) is 5.91 Å². The smallest absolute Gasteiger partial charge is 0.244 e. The summed E-state index contributed by atoms with van der Waals surface area (Å²) in [7, 11) is 0. The minimum absolute atomic E-state index is 0.0384. The lowest BCUT2D eigenvalue weighted by Crippen LogP contribution is -2.55. The number of benzene rings is 2. The summed E-state index contributed by atoms with van der Waals surface area (Å²) in [4.78, 5) is 16.8. The van der Waals surface area contributed by atoms with Crippen molar-refractivity contribution in [2.75, 3.05) is 24.5 Å². The summed E-state index contributed by atoms with van der Waals surface area (Å²) < 4.78 is 27.5. The fraction of sp³-hybridized carbons (Fsp3) is 0.435. The fourth-order valence-electron chi connectivity index (χ4n) is 4.38. The summed E-state index contributed by atoms with van der Waals surface area (Å²) in [5.74, 6) is -0.593. The second-order valence-corrected chi connectivity index (χ2v) is 7.98. The number of anilines is 1. The Morgan fingerprint density at radius 3 is 2.52 bits per heavy atom. The molecule has 0 radical (unpaired) electrons. The average molecular weight is 399 g/mol. The third kappa shape index (κ3) is 4.82. The van der Waals surface area contributed by atoms with E-state index in [0.29, 0.717) is 12.2 Å². The van der Waals surface area contributed by atoms with E-state index in [1.165, 1.54) is 12.1 Å². The fourth-order valence-corrected chi connectivity index (χ4v) is 4.38. The molecule has 29 heavy (non-hydrogen) atoms. The number of para-hydroxylation sites is 1. The number of likely N-dealkylation sites (tertiary alicyclic amines) is 1. The number of rotatable bonds is 5. The first-order valence-electron chi connectivity index (χ1n) is 10.4. The lowest BCUT2D eigenvalue weighted by molar-refractivity contribution is -0.122. The summed E-state index contributed by atoms with van der Waals surface area (Å²) in [5, 5.41) is 3.52. The zero-order valence-electron chi connectivity index (χ0n) is 16.5. The number of carbonyl (C=O) groups is 1. The van der Waals surface area contributed by atoms with Crippen LogP contribution in [-0.2, 0) is 11.3 Å². The van der Waals surface area contributed by atoms with Crippen LogP contribution in [0.1, 0.15) is 31.2 Å². The van der Waals surface area contributed by atoms with E-state index in [1.807, 2.05) is 6.07 Å². The maximum atomic E-state index is 14.1. The van der Waals surface area contributed by atoms with Gasteiger partial charge >= 0.3 is 0 Å². The summed E-state index contributed by atoms with van der Waals surface area (Å²) >= 11 is 0. The number of halogens is 2. The van der Waals surface area contributed by atoms with Crippen molar-refractivity contribution >= 4 is 11.6 Å². The normalized spacial score (nSPS) is 21.5. The van der Waals surface area contributed by atoms with Crippen molar-refractivity contribution in [2.24, 2.45) is 0 Å². The van der Waals surface area contributed by atoms with Gasteiger partial charge in [-0.1, -0.05) is 24.3 Å². The number of nitrogens with one attached hydrogen (secondary N) is 1. The molecule has 2 heterocycles. The molecule has 0 aromatic heterocycles. The van der Waals surface area contributed by atoms with Gasteiger partial charge in [-0.05, 0) is 68.6 Å². The van der Waals surface area contributed by atoms with E-state index in [9.17, 15) is 13.6 Å². The van der Waals surface area contributed by atoms with Crippen molar-refractivity contribution in [1.82, 2.24) is 10.2 Å².